The van der Waals surface area contributed by atoms with E-state index in [0.717, 1.165) is 5.57 Å². The molecule has 8 nitrogen and oxygen atoms in total. The molecule has 0 fully saturated rings. The Morgan fingerprint density at radius 1 is 1.44 bits per heavy atom. The van der Waals surface area contributed by atoms with E-state index >= 15 is 0 Å². The molecule has 144 valence electrons. The van der Waals surface area contributed by atoms with Gasteiger partial charge in [0.05, 0.1) is 5.56 Å². The zero-order chi connectivity index (χ0) is 19.6. The molecule has 3 rings (SSSR count). The monoisotopic (exact) mass is 376 g/mol. The van der Waals surface area contributed by atoms with Crippen LogP contribution in [0.3, 0.4) is 0 Å². The van der Waals surface area contributed by atoms with Crippen LogP contribution in [-0.4, -0.2) is 49.9 Å². The highest BCUT2D eigenvalue weighted by Crippen LogP contribution is 2.26. The van der Waals surface area contributed by atoms with Crippen LogP contribution in [0.5, 0.6) is 0 Å². The van der Waals surface area contributed by atoms with Gasteiger partial charge in [0, 0.05) is 19.3 Å². The molecule has 27 heavy (non-hydrogen) atoms. The maximum absolute atomic E-state index is 14.5. The molecule has 3 heterocycles. The number of pyridine rings is 1. The van der Waals surface area contributed by atoms with E-state index in [2.05, 4.69) is 15.1 Å². The average Bonchev–Trinajstić information content (AvgIpc) is 3.09. The Bertz CT molecular complexity index is 872. The molecular formula is C18H21FN4O4. The average molecular weight is 376 g/mol. The number of carbonyl (C=O) groups is 1. The van der Waals surface area contributed by atoms with E-state index in [9.17, 15) is 9.18 Å². The number of aliphatic hydroxyl groups excluding tert-OH is 1. The molecule has 0 saturated carbocycles. The third kappa shape index (κ3) is 4.48. The summed E-state index contributed by atoms with van der Waals surface area (Å²) in [6, 6.07) is 1.26. The number of aromatic nitrogens is 3. The highest BCUT2D eigenvalue weighted by atomic mass is 19.1. The lowest BCUT2D eigenvalue weighted by Gasteiger charge is -2.29. The molecule has 0 unspecified atom stereocenters. The summed E-state index contributed by atoms with van der Waals surface area (Å²) in [5.74, 6) is -0.314. The highest BCUT2D eigenvalue weighted by Gasteiger charge is 2.25. The Labute approximate surface area is 155 Å². The van der Waals surface area contributed by atoms with Crippen molar-refractivity contribution in [2.45, 2.75) is 39.4 Å². The first-order valence-corrected chi connectivity index (χ1v) is 8.53. The van der Waals surface area contributed by atoms with E-state index in [1.54, 1.807) is 11.0 Å². The SMILES string of the molecule is CC(C)(C)OC(=O)N1CC=C(c2ncc(-c3nc(CO)no3)cc2F)CC1. The molecule has 0 atom stereocenters. The zero-order valence-electron chi connectivity index (χ0n) is 15.4. The van der Waals surface area contributed by atoms with Crippen LogP contribution in [0, 0.1) is 5.82 Å². The fourth-order valence-corrected chi connectivity index (χ4v) is 2.60. The molecule has 1 amide bonds. The van der Waals surface area contributed by atoms with Crippen LogP contribution in [-0.2, 0) is 11.3 Å². The van der Waals surface area contributed by atoms with E-state index in [4.69, 9.17) is 14.4 Å². The zero-order valence-corrected chi connectivity index (χ0v) is 15.4. The summed E-state index contributed by atoms with van der Waals surface area (Å²) in [4.78, 5) is 21.8. The number of hydrogen-bond acceptors (Lipinski definition) is 7. The topological polar surface area (TPSA) is 102 Å². The maximum Gasteiger partial charge on any atom is 0.410 e. The van der Waals surface area contributed by atoms with Gasteiger partial charge in [-0.2, -0.15) is 4.98 Å². The van der Waals surface area contributed by atoms with Crippen molar-refractivity contribution < 1.29 is 23.6 Å². The van der Waals surface area contributed by atoms with Crippen LogP contribution in [0.4, 0.5) is 9.18 Å². The Morgan fingerprint density at radius 2 is 2.22 bits per heavy atom. The largest absolute Gasteiger partial charge is 0.444 e. The number of halogens is 1. The van der Waals surface area contributed by atoms with Crippen molar-refractivity contribution in [1.82, 2.24) is 20.0 Å². The Kier molecular flexibility index (Phi) is 5.22. The van der Waals surface area contributed by atoms with Gasteiger partial charge < -0.3 is 19.3 Å². The number of amides is 1. The van der Waals surface area contributed by atoms with Crippen molar-refractivity contribution in [1.29, 1.82) is 0 Å². The van der Waals surface area contributed by atoms with Crippen LogP contribution >= 0.6 is 0 Å². The second-order valence-corrected chi connectivity index (χ2v) is 7.13. The van der Waals surface area contributed by atoms with Crippen LogP contribution < -0.4 is 0 Å². The number of ether oxygens (including phenoxy) is 1. The summed E-state index contributed by atoms with van der Waals surface area (Å²) < 4.78 is 24.8. The van der Waals surface area contributed by atoms with Crippen molar-refractivity contribution in [2.75, 3.05) is 13.1 Å². The summed E-state index contributed by atoms with van der Waals surface area (Å²) in [6.07, 6.45) is 3.29. The summed E-state index contributed by atoms with van der Waals surface area (Å²) in [7, 11) is 0. The fourth-order valence-electron chi connectivity index (χ4n) is 2.60. The van der Waals surface area contributed by atoms with Gasteiger partial charge in [-0.15, -0.1) is 0 Å². The van der Waals surface area contributed by atoms with Crippen LogP contribution in [0.15, 0.2) is 22.9 Å². The molecule has 1 aliphatic rings. The van der Waals surface area contributed by atoms with Gasteiger partial charge in [-0.1, -0.05) is 11.2 Å². The van der Waals surface area contributed by atoms with Gasteiger partial charge in [0.1, 0.15) is 23.7 Å². The molecule has 9 heteroatoms. The lowest BCUT2D eigenvalue weighted by atomic mass is 10.0. The maximum atomic E-state index is 14.5. The molecule has 1 aliphatic heterocycles. The van der Waals surface area contributed by atoms with E-state index in [1.165, 1.54) is 12.3 Å². The fraction of sp³-hybridized carbons (Fsp3) is 0.444. The second-order valence-electron chi connectivity index (χ2n) is 7.13. The molecule has 2 aromatic heterocycles. The number of rotatable bonds is 3. The molecule has 2 aromatic rings. The predicted octanol–water partition coefficient (Wildman–Crippen LogP) is 2.79. The molecule has 0 aliphatic carbocycles. The minimum Gasteiger partial charge on any atom is -0.444 e. The van der Waals surface area contributed by atoms with E-state index in [1.807, 2.05) is 20.8 Å². The van der Waals surface area contributed by atoms with Crippen molar-refractivity contribution >= 4 is 11.7 Å². The van der Waals surface area contributed by atoms with E-state index in [0.29, 0.717) is 25.1 Å². The van der Waals surface area contributed by atoms with Gasteiger partial charge in [-0.3, -0.25) is 4.98 Å². The smallest absolute Gasteiger partial charge is 0.410 e. The van der Waals surface area contributed by atoms with Gasteiger partial charge in [-0.05, 0) is 38.8 Å². The van der Waals surface area contributed by atoms with E-state index < -0.39 is 17.5 Å². The summed E-state index contributed by atoms with van der Waals surface area (Å²) in [5, 5.41) is 12.5. The molecule has 0 aromatic carbocycles. The first-order valence-electron chi connectivity index (χ1n) is 8.53. The van der Waals surface area contributed by atoms with Crippen molar-refractivity contribution in [2.24, 2.45) is 0 Å². The molecule has 0 spiro atoms. The van der Waals surface area contributed by atoms with Crippen LogP contribution in [0.2, 0.25) is 0 Å². The summed E-state index contributed by atoms with van der Waals surface area (Å²) in [5.41, 5.74) is 0.718. The Morgan fingerprint density at radius 3 is 2.78 bits per heavy atom. The lowest BCUT2D eigenvalue weighted by molar-refractivity contribution is 0.0270. The molecule has 1 N–H and O–H groups in total. The number of nitrogens with zero attached hydrogens (tertiary/aromatic N) is 4. The third-order valence-corrected chi connectivity index (χ3v) is 3.86. The quantitative estimate of drug-likeness (QED) is 0.879. The molecule has 0 saturated heterocycles. The summed E-state index contributed by atoms with van der Waals surface area (Å²) >= 11 is 0. The van der Waals surface area contributed by atoms with Crippen molar-refractivity contribution in [3.63, 3.8) is 0 Å². The van der Waals surface area contributed by atoms with Gasteiger partial charge in [0.2, 0.25) is 0 Å². The minimum atomic E-state index is -0.560. The number of aliphatic hydroxyl groups is 1. The second kappa shape index (κ2) is 7.43. The number of carbonyl (C=O) groups excluding carboxylic acids is 1. The number of hydrogen-bond donors (Lipinski definition) is 1. The summed E-state index contributed by atoms with van der Waals surface area (Å²) in [6.45, 7) is 5.82. The van der Waals surface area contributed by atoms with Crippen LogP contribution in [0.1, 0.15) is 38.7 Å². The predicted molar refractivity (Wildman–Crippen MR) is 93.8 cm³/mol. The van der Waals surface area contributed by atoms with Gasteiger partial charge in [0.15, 0.2) is 5.82 Å². The Balaban J connectivity index is 1.73. The van der Waals surface area contributed by atoms with Gasteiger partial charge in [-0.25, -0.2) is 9.18 Å². The first kappa shape index (κ1) is 19.0. The van der Waals surface area contributed by atoms with Crippen molar-refractivity contribution in [3.05, 3.63) is 35.7 Å². The standard InChI is InChI=1S/C18H21FN4O4/c1-18(2,3)26-17(25)23-6-4-11(5-7-23)15-13(19)8-12(9-20-15)16-21-14(10-24)22-27-16/h4,8-9,24H,5-7,10H2,1-3H3. The minimum absolute atomic E-state index is 0.0886. The first-order chi connectivity index (χ1) is 12.8. The molecular weight excluding hydrogens is 355 g/mol. The van der Waals surface area contributed by atoms with Gasteiger partial charge >= 0.3 is 6.09 Å². The lowest BCUT2D eigenvalue weighted by Crippen LogP contribution is -2.39. The van der Waals surface area contributed by atoms with Crippen LogP contribution in [0.25, 0.3) is 17.0 Å². The molecule has 0 bridgehead atoms. The van der Waals surface area contributed by atoms with E-state index in [-0.39, 0.29) is 24.0 Å². The Hall–Kier alpha value is -2.81. The normalized spacial score (nSPS) is 14.9. The third-order valence-electron chi connectivity index (χ3n) is 3.86. The van der Waals surface area contributed by atoms with Gasteiger partial charge in [0.25, 0.3) is 5.89 Å². The van der Waals surface area contributed by atoms with Crippen molar-refractivity contribution in [3.8, 4) is 11.5 Å². The molecule has 0 radical (unpaired) electrons. The highest BCUT2D eigenvalue weighted by molar-refractivity contribution is 5.72.